The van der Waals surface area contributed by atoms with Crippen LogP contribution in [0.5, 0.6) is 5.75 Å². The van der Waals surface area contributed by atoms with Crippen molar-refractivity contribution in [3.63, 3.8) is 0 Å². The third-order valence-corrected chi connectivity index (χ3v) is 6.01. The first-order valence-electron chi connectivity index (χ1n) is 10.9. The zero-order valence-corrected chi connectivity index (χ0v) is 17.8. The maximum absolute atomic E-state index is 13.0. The molecule has 0 unspecified atom stereocenters. The van der Waals surface area contributed by atoms with Crippen LogP contribution in [0.1, 0.15) is 18.4 Å². The molecule has 0 spiro atoms. The van der Waals surface area contributed by atoms with Crippen LogP contribution in [0.25, 0.3) is 10.9 Å². The van der Waals surface area contributed by atoms with E-state index in [0.717, 1.165) is 68.6 Å². The van der Waals surface area contributed by atoms with Gasteiger partial charge in [0.1, 0.15) is 12.3 Å². The molecule has 0 N–H and O–H groups in total. The van der Waals surface area contributed by atoms with Gasteiger partial charge in [0.05, 0.1) is 7.11 Å². The molecular formula is C25H31N3O2. The average Bonchev–Trinajstić information content (AvgIpc) is 3.01. The number of rotatable bonds is 7. The predicted octanol–water partition coefficient (Wildman–Crippen LogP) is 3.82. The monoisotopic (exact) mass is 405 g/mol. The Morgan fingerprint density at radius 2 is 1.87 bits per heavy atom. The quantitative estimate of drug-likeness (QED) is 0.600. The summed E-state index contributed by atoms with van der Waals surface area (Å²) in [5, 5.41) is 1.10. The predicted molar refractivity (Wildman–Crippen MR) is 121 cm³/mol. The van der Waals surface area contributed by atoms with Gasteiger partial charge in [0.25, 0.3) is 0 Å². The minimum absolute atomic E-state index is 0.203. The van der Waals surface area contributed by atoms with Gasteiger partial charge in [-0.05, 0) is 62.2 Å². The van der Waals surface area contributed by atoms with Crippen LogP contribution in [0.3, 0.4) is 0 Å². The second-order valence-electron chi connectivity index (χ2n) is 8.03. The maximum atomic E-state index is 13.0. The van der Waals surface area contributed by atoms with E-state index in [9.17, 15) is 4.79 Å². The highest BCUT2D eigenvalue weighted by Crippen LogP contribution is 2.22. The van der Waals surface area contributed by atoms with Crippen LogP contribution >= 0.6 is 0 Å². The summed E-state index contributed by atoms with van der Waals surface area (Å²) in [6, 6.07) is 18.7. The molecule has 2 aromatic carbocycles. The van der Waals surface area contributed by atoms with Gasteiger partial charge in [0.2, 0.25) is 5.91 Å². The standard InChI is InChI=1S/C25H31N3O2/c1-30-23-10-11-24-22(19-23)12-16-28(24)20-25(29)27-15-6-14-26(17-18-27)13-5-9-21-7-3-2-4-8-21/h2-4,7-8,10-12,16,19H,5-6,9,13-15,17-18,20H2,1H3. The van der Waals surface area contributed by atoms with Crippen molar-refractivity contribution in [1.29, 1.82) is 0 Å². The fourth-order valence-electron chi connectivity index (χ4n) is 4.28. The van der Waals surface area contributed by atoms with Crippen LogP contribution < -0.4 is 4.74 Å². The van der Waals surface area contributed by atoms with Crippen LogP contribution in [0.15, 0.2) is 60.8 Å². The minimum atomic E-state index is 0.203. The summed E-state index contributed by atoms with van der Waals surface area (Å²) >= 11 is 0. The van der Waals surface area contributed by atoms with Gasteiger partial charge in [-0.3, -0.25) is 4.79 Å². The third-order valence-electron chi connectivity index (χ3n) is 6.01. The first-order valence-corrected chi connectivity index (χ1v) is 10.9. The number of carbonyl (C=O) groups excluding carboxylic acids is 1. The Balaban J connectivity index is 1.28. The van der Waals surface area contributed by atoms with Crippen LogP contribution in [0.2, 0.25) is 0 Å². The fraction of sp³-hybridized carbons (Fsp3) is 0.400. The molecule has 0 aliphatic carbocycles. The fourth-order valence-corrected chi connectivity index (χ4v) is 4.28. The van der Waals surface area contributed by atoms with Crippen molar-refractivity contribution in [3.05, 3.63) is 66.4 Å². The molecule has 1 aliphatic heterocycles. The van der Waals surface area contributed by atoms with Gasteiger partial charge < -0.3 is 19.1 Å². The Labute approximate surface area is 178 Å². The van der Waals surface area contributed by atoms with E-state index in [1.54, 1.807) is 7.11 Å². The summed E-state index contributed by atoms with van der Waals surface area (Å²) in [6.45, 7) is 5.19. The summed E-state index contributed by atoms with van der Waals surface area (Å²) in [6.07, 6.45) is 5.32. The van der Waals surface area contributed by atoms with Crippen molar-refractivity contribution < 1.29 is 9.53 Å². The molecule has 0 bridgehead atoms. The van der Waals surface area contributed by atoms with Crippen LogP contribution in [-0.2, 0) is 17.8 Å². The zero-order valence-electron chi connectivity index (χ0n) is 17.8. The van der Waals surface area contributed by atoms with Crippen molar-refractivity contribution in [2.75, 3.05) is 39.8 Å². The third kappa shape index (κ3) is 5.03. The van der Waals surface area contributed by atoms with E-state index >= 15 is 0 Å². The Kier molecular flexibility index (Phi) is 6.70. The van der Waals surface area contributed by atoms with Crippen LogP contribution in [0.4, 0.5) is 0 Å². The summed E-state index contributed by atoms with van der Waals surface area (Å²) in [7, 11) is 1.67. The van der Waals surface area contributed by atoms with E-state index < -0.39 is 0 Å². The molecule has 3 aromatic rings. The van der Waals surface area contributed by atoms with Gasteiger partial charge in [-0.25, -0.2) is 0 Å². The highest BCUT2D eigenvalue weighted by atomic mass is 16.5. The van der Waals surface area contributed by atoms with Crippen molar-refractivity contribution in [1.82, 2.24) is 14.4 Å². The molecule has 0 saturated carbocycles. The van der Waals surface area contributed by atoms with Gasteiger partial charge in [-0.1, -0.05) is 30.3 Å². The Hall–Kier alpha value is -2.79. The number of aryl methyl sites for hydroxylation is 1. The molecule has 1 aliphatic rings. The lowest BCUT2D eigenvalue weighted by Crippen LogP contribution is -2.37. The average molecular weight is 406 g/mol. The Bertz CT molecular complexity index is 967. The summed E-state index contributed by atoms with van der Waals surface area (Å²) in [5.41, 5.74) is 2.47. The maximum Gasteiger partial charge on any atom is 0.242 e. The Morgan fingerprint density at radius 1 is 1.00 bits per heavy atom. The van der Waals surface area contributed by atoms with E-state index in [1.807, 2.05) is 39.9 Å². The van der Waals surface area contributed by atoms with Crippen molar-refractivity contribution in [3.8, 4) is 5.75 Å². The number of fused-ring (bicyclic) bond motifs is 1. The molecule has 1 aromatic heterocycles. The van der Waals surface area contributed by atoms with E-state index in [4.69, 9.17) is 4.74 Å². The van der Waals surface area contributed by atoms with E-state index in [1.165, 1.54) is 5.56 Å². The van der Waals surface area contributed by atoms with Gasteiger partial charge >= 0.3 is 0 Å². The van der Waals surface area contributed by atoms with E-state index in [0.29, 0.717) is 6.54 Å². The van der Waals surface area contributed by atoms with E-state index in [2.05, 4.69) is 35.2 Å². The molecule has 1 fully saturated rings. The molecule has 2 heterocycles. The number of methoxy groups -OCH3 is 1. The molecule has 1 saturated heterocycles. The highest BCUT2D eigenvalue weighted by molar-refractivity contribution is 5.84. The van der Waals surface area contributed by atoms with Gasteiger partial charge in [0, 0.05) is 36.7 Å². The lowest BCUT2D eigenvalue weighted by molar-refractivity contribution is -0.131. The molecule has 30 heavy (non-hydrogen) atoms. The summed E-state index contributed by atoms with van der Waals surface area (Å²) in [4.78, 5) is 17.5. The lowest BCUT2D eigenvalue weighted by atomic mass is 10.1. The van der Waals surface area contributed by atoms with Gasteiger partial charge in [0.15, 0.2) is 0 Å². The Morgan fingerprint density at radius 3 is 2.70 bits per heavy atom. The summed E-state index contributed by atoms with van der Waals surface area (Å²) in [5.74, 6) is 1.04. The number of amides is 1. The van der Waals surface area contributed by atoms with Crippen LogP contribution in [0, 0.1) is 0 Å². The van der Waals surface area contributed by atoms with Crippen molar-refractivity contribution in [2.24, 2.45) is 0 Å². The molecule has 5 heteroatoms. The number of benzene rings is 2. The van der Waals surface area contributed by atoms with Gasteiger partial charge in [-0.2, -0.15) is 0 Å². The second kappa shape index (κ2) is 9.81. The highest BCUT2D eigenvalue weighted by Gasteiger charge is 2.19. The number of nitrogens with zero attached hydrogens (tertiary/aromatic N) is 3. The molecule has 158 valence electrons. The lowest BCUT2D eigenvalue weighted by Gasteiger charge is -2.22. The summed E-state index contributed by atoms with van der Waals surface area (Å²) < 4.78 is 7.34. The normalized spacial score (nSPS) is 15.3. The number of ether oxygens (including phenoxy) is 1. The molecule has 5 nitrogen and oxygen atoms in total. The van der Waals surface area contributed by atoms with E-state index in [-0.39, 0.29) is 5.91 Å². The zero-order chi connectivity index (χ0) is 20.8. The molecule has 0 atom stereocenters. The second-order valence-corrected chi connectivity index (χ2v) is 8.03. The van der Waals surface area contributed by atoms with Gasteiger partial charge in [-0.15, -0.1) is 0 Å². The first kappa shape index (κ1) is 20.5. The molecule has 0 radical (unpaired) electrons. The number of aromatic nitrogens is 1. The topological polar surface area (TPSA) is 37.7 Å². The smallest absolute Gasteiger partial charge is 0.242 e. The SMILES string of the molecule is COc1ccc2c(ccn2CC(=O)N2CCCN(CCCc3ccccc3)CC2)c1. The van der Waals surface area contributed by atoms with Crippen LogP contribution in [-0.4, -0.2) is 60.1 Å². The molecule has 1 amide bonds. The molecular weight excluding hydrogens is 374 g/mol. The van der Waals surface area contributed by atoms with Crippen molar-refractivity contribution >= 4 is 16.8 Å². The number of carbonyl (C=O) groups is 1. The number of hydrogen-bond acceptors (Lipinski definition) is 3. The largest absolute Gasteiger partial charge is 0.497 e. The van der Waals surface area contributed by atoms with Crippen molar-refractivity contribution in [2.45, 2.75) is 25.8 Å². The number of hydrogen-bond donors (Lipinski definition) is 0. The molecule has 4 rings (SSSR count). The first-order chi connectivity index (χ1) is 14.7. The minimum Gasteiger partial charge on any atom is -0.497 e.